The average Bonchev–Trinajstić information content (AvgIpc) is 2.72. The van der Waals surface area contributed by atoms with Gasteiger partial charge < -0.3 is 4.74 Å². The molecule has 1 rings (SSSR count). The van der Waals surface area contributed by atoms with E-state index in [2.05, 4.69) is 44.3 Å². The number of nitrogens with one attached hydrogen (secondary N) is 1. The molecule has 0 fully saturated rings. The van der Waals surface area contributed by atoms with E-state index in [4.69, 9.17) is 10.6 Å². The molecule has 116 valence electrons. The van der Waals surface area contributed by atoms with Crippen LogP contribution in [0.25, 0.3) is 0 Å². The highest BCUT2D eigenvalue weighted by Crippen LogP contribution is 2.26. The molecule has 0 amide bonds. The first-order valence-electron chi connectivity index (χ1n) is 7.44. The fourth-order valence-electron chi connectivity index (χ4n) is 2.67. The molecule has 2 unspecified atom stereocenters. The van der Waals surface area contributed by atoms with Crippen LogP contribution in [0.4, 0.5) is 0 Å². The van der Waals surface area contributed by atoms with E-state index in [0.717, 1.165) is 18.7 Å². The zero-order valence-electron chi connectivity index (χ0n) is 13.7. The number of ether oxygens (including phenoxy) is 1. The number of nitrogens with two attached hydrogens (primary N) is 1. The minimum Gasteiger partial charge on any atom is -0.376 e. The van der Waals surface area contributed by atoms with Crippen molar-refractivity contribution in [3.8, 4) is 0 Å². The summed E-state index contributed by atoms with van der Waals surface area (Å²) >= 11 is 0. The molecular formula is C15H30N4O. The van der Waals surface area contributed by atoms with Crippen molar-refractivity contribution in [1.82, 2.24) is 15.2 Å². The molecule has 0 saturated carbocycles. The second-order valence-electron chi connectivity index (χ2n) is 6.31. The molecule has 0 spiro atoms. The van der Waals surface area contributed by atoms with E-state index in [1.54, 1.807) is 0 Å². The van der Waals surface area contributed by atoms with Crippen molar-refractivity contribution in [1.29, 1.82) is 0 Å². The monoisotopic (exact) mass is 282 g/mol. The summed E-state index contributed by atoms with van der Waals surface area (Å²) < 4.78 is 7.97. The molecule has 1 aromatic rings. The fraction of sp³-hybridized carbons (Fsp3) is 0.800. The molecule has 0 bridgehead atoms. The minimum absolute atomic E-state index is 0.0269. The molecule has 0 aliphatic heterocycles. The van der Waals surface area contributed by atoms with Gasteiger partial charge in [0.25, 0.3) is 0 Å². The molecule has 0 aliphatic carbocycles. The largest absolute Gasteiger partial charge is 0.376 e. The zero-order valence-corrected chi connectivity index (χ0v) is 13.7. The van der Waals surface area contributed by atoms with Crippen molar-refractivity contribution < 1.29 is 4.74 Å². The van der Waals surface area contributed by atoms with Crippen molar-refractivity contribution in [2.24, 2.45) is 11.3 Å². The number of hydrogen-bond donors (Lipinski definition) is 2. The first-order valence-corrected chi connectivity index (χ1v) is 7.44. The van der Waals surface area contributed by atoms with Crippen LogP contribution >= 0.6 is 0 Å². The van der Waals surface area contributed by atoms with Gasteiger partial charge in [-0.15, -0.1) is 0 Å². The molecule has 0 radical (unpaired) electrons. The summed E-state index contributed by atoms with van der Waals surface area (Å²) in [6, 6.07) is 2.19. The number of hydrogen-bond acceptors (Lipinski definition) is 4. The van der Waals surface area contributed by atoms with Crippen LogP contribution in [0.3, 0.4) is 0 Å². The van der Waals surface area contributed by atoms with Crippen molar-refractivity contribution in [2.75, 3.05) is 6.61 Å². The Balaban J connectivity index is 2.93. The standard InChI is InChI=1S/C15H30N4O/c1-7-19-12(9-11(3)18-19)10-13(17-16)14(20-8-2)15(4,5)6/h9,13-14,17H,7-8,10,16H2,1-6H3. The van der Waals surface area contributed by atoms with Gasteiger partial charge in [0.15, 0.2) is 0 Å². The summed E-state index contributed by atoms with van der Waals surface area (Å²) in [4.78, 5) is 0. The molecule has 0 aliphatic rings. The summed E-state index contributed by atoms with van der Waals surface area (Å²) in [6.45, 7) is 14.2. The van der Waals surface area contributed by atoms with Gasteiger partial charge in [0.2, 0.25) is 0 Å². The molecule has 5 heteroatoms. The third-order valence-corrected chi connectivity index (χ3v) is 3.49. The van der Waals surface area contributed by atoms with Crippen LogP contribution in [0.1, 0.15) is 46.0 Å². The van der Waals surface area contributed by atoms with Crippen LogP contribution in [0.5, 0.6) is 0 Å². The predicted octanol–water partition coefficient (Wildman–Crippen LogP) is 2.04. The molecule has 2 atom stereocenters. The van der Waals surface area contributed by atoms with E-state index in [9.17, 15) is 0 Å². The van der Waals surface area contributed by atoms with E-state index < -0.39 is 0 Å². The molecule has 20 heavy (non-hydrogen) atoms. The van der Waals surface area contributed by atoms with E-state index in [1.807, 2.05) is 18.5 Å². The van der Waals surface area contributed by atoms with Gasteiger partial charge in [-0.3, -0.25) is 16.0 Å². The number of rotatable bonds is 7. The number of aryl methyl sites for hydroxylation is 2. The molecular weight excluding hydrogens is 252 g/mol. The Morgan fingerprint density at radius 1 is 1.40 bits per heavy atom. The van der Waals surface area contributed by atoms with Crippen LogP contribution in [0.15, 0.2) is 6.07 Å². The Hall–Kier alpha value is -0.910. The maximum Gasteiger partial charge on any atom is 0.0793 e. The van der Waals surface area contributed by atoms with Crippen molar-refractivity contribution in [2.45, 2.75) is 66.7 Å². The first-order chi connectivity index (χ1) is 9.33. The van der Waals surface area contributed by atoms with Gasteiger partial charge in [0.05, 0.1) is 17.8 Å². The van der Waals surface area contributed by atoms with Gasteiger partial charge >= 0.3 is 0 Å². The van der Waals surface area contributed by atoms with E-state index in [1.165, 1.54) is 5.69 Å². The fourth-order valence-corrected chi connectivity index (χ4v) is 2.67. The van der Waals surface area contributed by atoms with Gasteiger partial charge in [-0.1, -0.05) is 20.8 Å². The van der Waals surface area contributed by atoms with Gasteiger partial charge in [-0.25, -0.2) is 0 Å². The molecule has 0 aromatic carbocycles. The number of nitrogens with zero attached hydrogens (tertiary/aromatic N) is 2. The lowest BCUT2D eigenvalue weighted by Gasteiger charge is -2.36. The van der Waals surface area contributed by atoms with Crippen LogP contribution in [-0.4, -0.2) is 28.5 Å². The maximum atomic E-state index is 5.94. The number of aromatic nitrogens is 2. The van der Waals surface area contributed by atoms with Crippen LogP contribution in [0.2, 0.25) is 0 Å². The van der Waals surface area contributed by atoms with Crippen LogP contribution in [0, 0.1) is 12.3 Å². The summed E-state index contributed by atoms with van der Waals surface area (Å²) in [5, 5.41) is 4.49. The summed E-state index contributed by atoms with van der Waals surface area (Å²) in [6.07, 6.45) is 0.866. The van der Waals surface area contributed by atoms with Gasteiger partial charge in [-0.2, -0.15) is 5.10 Å². The Morgan fingerprint density at radius 3 is 2.50 bits per heavy atom. The second-order valence-corrected chi connectivity index (χ2v) is 6.31. The van der Waals surface area contributed by atoms with E-state index >= 15 is 0 Å². The molecule has 1 heterocycles. The predicted molar refractivity (Wildman–Crippen MR) is 82.3 cm³/mol. The molecule has 1 aromatic heterocycles. The summed E-state index contributed by atoms with van der Waals surface area (Å²) in [5.41, 5.74) is 5.20. The summed E-state index contributed by atoms with van der Waals surface area (Å²) in [5.74, 6) is 5.79. The lowest BCUT2D eigenvalue weighted by molar-refractivity contribution is -0.0359. The number of hydrazine groups is 1. The molecule has 5 nitrogen and oxygen atoms in total. The lowest BCUT2D eigenvalue weighted by Crippen LogP contribution is -2.52. The molecule has 0 saturated heterocycles. The minimum atomic E-state index is 0.0269. The SMILES string of the molecule is CCOC(C(Cc1cc(C)nn1CC)NN)C(C)(C)C. The third-order valence-electron chi connectivity index (χ3n) is 3.49. The van der Waals surface area contributed by atoms with E-state index in [-0.39, 0.29) is 17.6 Å². The summed E-state index contributed by atoms with van der Waals surface area (Å²) in [7, 11) is 0. The zero-order chi connectivity index (χ0) is 15.3. The topological polar surface area (TPSA) is 65.1 Å². The lowest BCUT2D eigenvalue weighted by atomic mass is 9.83. The van der Waals surface area contributed by atoms with Gasteiger partial charge in [-0.05, 0) is 32.3 Å². The maximum absolute atomic E-state index is 5.94. The van der Waals surface area contributed by atoms with Gasteiger partial charge in [0, 0.05) is 25.3 Å². The van der Waals surface area contributed by atoms with E-state index in [0.29, 0.717) is 6.61 Å². The second kappa shape index (κ2) is 7.20. The van der Waals surface area contributed by atoms with Crippen molar-refractivity contribution >= 4 is 0 Å². The smallest absolute Gasteiger partial charge is 0.0793 e. The Labute approximate surface area is 122 Å². The first kappa shape index (κ1) is 17.1. The Kier molecular flexibility index (Phi) is 6.17. The van der Waals surface area contributed by atoms with Crippen molar-refractivity contribution in [3.05, 3.63) is 17.5 Å². The quantitative estimate of drug-likeness (QED) is 0.593. The normalized spacial score (nSPS) is 15.3. The molecule has 3 N–H and O–H groups in total. The van der Waals surface area contributed by atoms with Crippen molar-refractivity contribution in [3.63, 3.8) is 0 Å². The highest BCUT2D eigenvalue weighted by atomic mass is 16.5. The average molecular weight is 282 g/mol. The van der Waals surface area contributed by atoms with Crippen LogP contribution < -0.4 is 11.3 Å². The van der Waals surface area contributed by atoms with Gasteiger partial charge in [0.1, 0.15) is 0 Å². The third kappa shape index (κ3) is 4.30. The highest BCUT2D eigenvalue weighted by Gasteiger charge is 2.33. The van der Waals surface area contributed by atoms with Crippen LogP contribution in [-0.2, 0) is 17.7 Å². The Morgan fingerprint density at radius 2 is 2.05 bits per heavy atom. The highest BCUT2D eigenvalue weighted by molar-refractivity contribution is 5.11. The Bertz CT molecular complexity index is 408.